The second-order valence-corrected chi connectivity index (χ2v) is 3.04. The Balaban J connectivity index is 1.77. The molecule has 2 aliphatic heterocycles. The van der Waals surface area contributed by atoms with Crippen molar-refractivity contribution in [3.63, 3.8) is 0 Å². The molecule has 1 atom stereocenters. The Bertz CT molecular complexity index is 168. The van der Waals surface area contributed by atoms with Crippen LogP contribution in [0.3, 0.4) is 0 Å². The fourth-order valence-corrected chi connectivity index (χ4v) is 1.31. The zero-order chi connectivity index (χ0) is 7.68. The Morgan fingerprint density at radius 1 is 1.73 bits per heavy atom. The third-order valence-electron chi connectivity index (χ3n) is 1.98. The minimum Gasteiger partial charge on any atom is -0.372 e. The number of nitrogens with zero attached hydrogens (tertiary/aromatic N) is 1. The van der Waals surface area contributed by atoms with Crippen LogP contribution < -0.4 is 5.32 Å². The molecular formula is C7H12N2O2. The summed E-state index contributed by atoms with van der Waals surface area (Å²) >= 11 is 0. The highest BCUT2D eigenvalue weighted by molar-refractivity contribution is 5.78. The van der Waals surface area contributed by atoms with Gasteiger partial charge in [-0.3, -0.25) is 9.69 Å². The fraction of sp³-hybridized carbons (Fsp3) is 0.857. The molecule has 2 fully saturated rings. The van der Waals surface area contributed by atoms with Gasteiger partial charge in [-0.1, -0.05) is 0 Å². The van der Waals surface area contributed by atoms with Crippen LogP contribution in [-0.2, 0) is 9.53 Å². The van der Waals surface area contributed by atoms with Gasteiger partial charge in [-0.2, -0.15) is 0 Å². The molecule has 0 aliphatic carbocycles. The van der Waals surface area contributed by atoms with Crippen LogP contribution in [0, 0.1) is 0 Å². The summed E-state index contributed by atoms with van der Waals surface area (Å²) in [6.45, 7) is 4.09. The van der Waals surface area contributed by atoms with Gasteiger partial charge in [-0.25, -0.2) is 0 Å². The van der Waals surface area contributed by atoms with E-state index in [9.17, 15) is 4.79 Å². The van der Waals surface area contributed by atoms with Crippen molar-refractivity contribution in [1.82, 2.24) is 10.2 Å². The van der Waals surface area contributed by atoms with Crippen LogP contribution >= 0.6 is 0 Å². The molecule has 0 saturated carbocycles. The van der Waals surface area contributed by atoms with E-state index in [0.29, 0.717) is 12.6 Å². The van der Waals surface area contributed by atoms with Crippen molar-refractivity contribution < 1.29 is 9.53 Å². The van der Waals surface area contributed by atoms with Gasteiger partial charge in [0.15, 0.2) is 0 Å². The minimum atomic E-state index is 0.136. The van der Waals surface area contributed by atoms with E-state index in [1.807, 2.05) is 0 Å². The Labute approximate surface area is 65.5 Å². The van der Waals surface area contributed by atoms with E-state index in [4.69, 9.17) is 4.74 Å². The number of piperazine rings is 1. The molecule has 1 amide bonds. The molecule has 0 spiro atoms. The average Bonchev–Trinajstić information content (AvgIpc) is 2.71. The molecule has 1 N–H and O–H groups in total. The molecule has 0 aromatic rings. The first kappa shape index (κ1) is 7.06. The monoisotopic (exact) mass is 156 g/mol. The second kappa shape index (κ2) is 2.79. The molecule has 2 aliphatic rings. The maximum atomic E-state index is 10.9. The minimum absolute atomic E-state index is 0.136. The van der Waals surface area contributed by atoms with Crippen molar-refractivity contribution in [2.45, 2.75) is 6.10 Å². The fourth-order valence-electron chi connectivity index (χ4n) is 1.31. The zero-order valence-electron chi connectivity index (χ0n) is 6.38. The molecule has 2 rings (SSSR count). The van der Waals surface area contributed by atoms with Crippen LogP contribution in [0.5, 0.6) is 0 Å². The van der Waals surface area contributed by atoms with Crippen LogP contribution in [-0.4, -0.2) is 49.7 Å². The molecular weight excluding hydrogens is 144 g/mol. The summed E-state index contributed by atoms with van der Waals surface area (Å²) in [5, 5.41) is 2.78. The first-order chi connectivity index (χ1) is 5.34. The summed E-state index contributed by atoms with van der Waals surface area (Å²) in [7, 11) is 0. The van der Waals surface area contributed by atoms with Crippen LogP contribution in [0.25, 0.3) is 0 Å². The van der Waals surface area contributed by atoms with Gasteiger partial charge < -0.3 is 10.1 Å². The van der Waals surface area contributed by atoms with Gasteiger partial charge in [-0.15, -0.1) is 0 Å². The maximum Gasteiger partial charge on any atom is 0.234 e. The lowest BCUT2D eigenvalue weighted by molar-refractivity contribution is -0.124. The SMILES string of the molecule is O=C1CN(CC2CO2)CCN1. The summed E-state index contributed by atoms with van der Waals surface area (Å²) in [6.07, 6.45) is 0.404. The molecule has 0 aromatic carbocycles. The highest BCUT2D eigenvalue weighted by Crippen LogP contribution is 2.10. The molecule has 0 bridgehead atoms. The van der Waals surface area contributed by atoms with Crippen LogP contribution in [0.15, 0.2) is 0 Å². The number of ether oxygens (including phenoxy) is 1. The predicted octanol–water partition coefficient (Wildman–Crippen LogP) is -1.18. The van der Waals surface area contributed by atoms with Gasteiger partial charge in [0.05, 0.1) is 19.3 Å². The largest absolute Gasteiger partial charge is 0.372 e. The number of hydrogen-bond donors (Lipinski definition) is 1. The highest BCUT2D eigenvalue weighted by atomic mass is 16.6. The van der Waals surface area contributed by atoms with Crippen molar-refractivity contribution in [3.8, 4) is 0 Å². The van der Waals surface area contributed by atoms with Crippen LogP contribution in [0.1, 0.15) is 0 Å². The predicted molar refractivity (Wildman–Crippen MR) is 39.2 cm³/mol. The van der Waals surface area contributed by atoms with Gasteiger partial charge in [0, 0.05) is 19.6 Å². The lowest BCUT2D eigenvalue weighted by atomic mass is 10.3. The molecule has 2 saturated heterocycles. The summed E-state index contributed by atoms with van der Waals surface area (Å²) in [4.78, 5) is 13.0. The van der Waals surface area contributed by atoms with Crippen molar-refractivity contribution in [1.29, 1.82) is 0 Å². The lowest BCUT2D eigenvalue weighted by Gasteiger charge is -2.25. The maximum absolute atomic E-state index is 10.9. The normalized spacial score (nSPS) is 31.6. The summed E-state index contributed by atoms with van der Waals surface area (Å²) < 4.78 is 5.07. The first-order valence-electron chi connectivity index (χ1n) is 3.95. The Morgan fingerprint density at radius 3 is 3.18 bits per heavy atom. The van der Waals surface area contributed by atoms with Crippen molar-refractivity contribution in [2.75, 3.05) is 32.8 Å². The van der Waals surface area contributed by atoms with Gasteiger partial charge in [0.1, 0.15) is 0 Å². The van der Waals surface area contributed by atoms with E-state index in [1.165, 1.54) is 0 Å². The van der Waals surface area contributed by atoms with Crippen molar-refractivity contribution >= 4 is 5.91 Å². The van der Waals surface area contributed by atoms with E-state index < -0.39 is 0 Å². The molecule has 11 heavy (non-hydrogen) atoms. The Morgan fingerprint density at radius 2 is 2.55 bits per heavy atom. The molecule has 62 valence electrons. The summed E-state index contributed by atoms with van der Waals surface area (Å²) in [5.74, 6) is 0.136. The van der Waals surface area contributed by atoms with Gasteiger partial charge in [-0.05, 0) is 0 Å². The molecule has 4 heteroatoms. The van der Waals surface area contributed by atoms with Gasteiger partial charge in [0.25, 0.3) is 0 Å². The molecule has 0 radical (unpaired) electrons. The number of amides is 1. The number of carbonyl (C=O) groups excluding carboxylic acids is 1. The second-order valence-electron chi connectivity index (χ2n) is 3.04. The topological polar surface area (TPSA) is 44.9 Å². The smallest absolute Gasteiger partial charge is 0.234 e. The van der Waals surface area contributed by atoms with Crippen molar-refractivity contribution in [3.05, 3.63) is 0 Å². The molecule has 1 unspecified atom stereocenters. The van der Waals surface area contributed by atoms with E-state index in [1.54, 1.807) is 0 Å². The van der Waals surface area contributed by atoms with E-state index >= 15 is 0 Å². The first-order valence-corrected chi connectivity index (χ1v) is 3.95. The lowest BCUT2D eigenvalue weighted by Crippen LogP contribution is -2.48. The molecule has 2 heterocycles. The quantitative estimate of drug-likeness (QED) is 0.512. The summed E-state index contributed by atoms with van der Waals surface area (Å²) in [6, 6.07) is 0. The van der Waals surface area contributed by atoms with Crippen LogP contribution in [0.2, 0.25) is 0 Å². The van der Waals surface area contributed by atoms with Gasteiger partial charge in [0.2, 0.25) is 5.91 Å². The number of carbonyl (C=O) groups is 1. The third kappa shape index (κ3) is 1.91. The highest BCUT2D eigenvalue weighted by Gasteiger charge is 2.27. The Hall–Kier alpha value is -0.610. The standard InChI is InChI=1S/C7H12N2O2/c10-7-4-9(2-1-8-7)3-6-5-11-6/h6H,1-5H2,(H,8,10). The number of epoxide rings is 1. The van der Waals surface area contributed by atoms with E-state index in [0.717, 1.165) is 26.2 Å². The summed E-state index contributed by atoms with van der Waals surface area (Å²) in [5.41, 5.74) is 0. The number of rotatable bonds is 2. The average molecular weight is 156 g/mol. The number of nitrogens with one attached hydrogen (secondary N) is 1. The van der Waals surface area contributed by atoms with Crippen LogP contribution in [0.4, 0.5) is 0 Å². The van der Waals surface area contributed by atoms with Gasteiger partial charge >= 0.3 is 0 Å². The molecule has 0 aromatic heterocycles. The third-order valence-corrected chi connectivity index (χ3v) is 1.98. The number of hydrogen-bond acceptors (Lipinski definition) is 3. The Kier molecular flexibility index (Phi) is 1.79. The van der Waals surface area contributed by atoms with E-state index in [-0.39, 0.29) is 5.91 Å². The van der Waals surface area contributed by atoms with Crippen molar-refractivity contribution in [2.24, 2.45) is 0 Å². The molecule has 4 nitrogen and oxygen atoms in total. The van der Waals surface area contributed by atoms with E-state index in [2.05, 4.69) is 10.2 Å². The zero-order valence-corrected chi connectivity index (χ0v) is 6.38.